The van der Waals surface area contributed by atoms with E-state index in [4.69, 9.17) is 14.9 Å². The minimum Gasteiger partial charge on any atom is -0.491 e. The van der Waals surface area contributed by atoms with Gasteiger partial charge in [0.15, 0.2) is 16.9 Å². The molecule has 9 heteroatoms. The number of rotatable bonds is 8. The van der Waals surface area contributed by atoms with Gasteiger partial charge in [0.2, 0.25) is 5.91 Å². The van der Waals surface area contributed by atoms with E-state index < -0.39 is 0 Å². The number of hydrogen-bond donors (Lipinski definition) is 3. The van der Waals surface area contributed by atoms with Gasteiger partial charge in [-0.05, 0) is 32.0 Å². The molecule has 0 atom stereocenters. The van der Waals surface area contributed by atoms with Crippen LogP contribution in [-0.4, -0.2) is 23.0 Å². The SMILES string of the molecule is CC(=O)NCc1ccc(-c2csc(NC(N)=NCc3ccccc3OC(C)C)n2)o1. The van der Waals surface area contributed by atoms with Crippen molar-refractivity contribution < 1.29 is 13.9 Å². The quantitative estimate of drug-likeness (QED) is 0.372. The third-order valence-corrected chi connectivity index (χ3v) is 4.68. The third kappa shape index (κ3) is 6.08. The van der Waals surface area contributed by atoms with E-state index in [0.717, 1.165) is 11.3 Å². The summed E-state index contributed by atoms with van der Waals surface area (Å²) >= 11 is 1.40. The van der Waals surface area contributed by atoms with Crippen LogP contribution in [-0.2, 0) is 17.9 Å². The number of anilines is 1. The van der Waals surface area contributed by atoms with Crippen LogP contribution in [0.25, 0.3) is 11.5 Å². The highest BCUT2D eigenvalue weighted by Gasteiger charge is 2.10. The molecule has 0 aliphatic heterocycles. The summed E-state index contributed by atoms with van der Waals surface area (Å²) in [5.74, 6) is 2.23. The molecule has 0 unspecified atom stereocenters. The van der Waals surface area contributed by atoms with Crippen molar-refractivity contribution in [1.82, 2.24) is 10.3 Å². The predicted octanol–water partition coefficient (Wildman–Crippen LogP) is 3.75. The van der Waals surface area contributed by atoms with Crippen molar-refractivity contribution in [2.45, 2.75) is 40.0 Å². The van der Waals surface area contributed by atoms with Gasteiger partial charge in [-0.2, -0.15) is 0 Å². The molecule has 8 nitrogen and oxygen atoms in total. The molecule has 4 N–H and O–H groups in total. The molecule has 2 heterocycles. The minimum absolute atomic E-state index is 0.0831. The van der Waals surface area contributed by atoms with Crippen LogP contribution >= 0.6 is 11.3 Å². The summed E-state index contributed by atoms with van der Waals surface area (Å²) in [6.45, 7) is 6.16. The molecule has 0 saturated carbocycles. The van der Waals surface area contributed by atoms with E-state index >= 15 is 0 Å². The average molecular weight is 428 g/mol. The van der Waals surface area contributed by atoms with Crippen molar-refractivity contribution in [3.8, 4) is 17.2 Å². The molecular formula is C21H25N5O3S. The number of hydrogen-bond acceptors (Lipinski definition) is 6. The van der Waals surface area contributed by atoms with Gasteiger partial charge in [0.25, 0.3) is 0 Å². The number of furan rings is 1. The Kier molecular flexibility index (Phi) is 7.08. The van der Waals surface area contributed by atoms with Crippen molar-refractivity contribution in [1.29, 1.82) is 0 Å². The van der Waals surface area contributed by atoms with Crippen molar-refractivity contribution in [2.24, 2.45) is 10.7 Å². The first-order valence-corrected chi connectivity index (χ1v) is 10.4. The molecule has 1 aromatic carbocycles. The maximum atomic E-state index is 11.0. The lowest BCUT2D eigenvalue weighted by Crippen LogP contribution is -2.22. The normalized spacial score (nSPS) is 11.5. The Bertz CT molecular complexity index is 1030. The van der Waals surface area contributed by atoms with Gasteiger partial charge in [0, 0.05) is 17.9 Å². The Morgan fingerprint density at radius 2 is 2.10 bits per heavy atom. The Morgan fingerprint density at radius 1 is 1.30 bits per heavy atom. The van der Waals surface area contributed by atoms with Crippen LogP contribution in [0.5, 0.6) is 5.75 Å². The van der Waals surface area contributed by atoms with Crippen LogP contribution in [0.2, 0.25) is 0 Å². The molecule has 0 saturated heterocycles. The molecular weight excluding hydrogens is 402 g/mol. The standard InChI is InChI=1S/C21H25N5O3S/c1-13(2)28-18-7-5-4-6-15(18)10-24-20(22)26-21-25-17(12-30-21)19-9-8-16(29-19)11-23-14(3)27/h4-9,12-13H,10-11H2,1-3H3,(H,23,27)(H3,22,24,25,26). The maximum absolute atomic E-state index is 11.0. The fourth-order valence-electron chi connectivity index (χ4n) is 2.59. The number of carbonyl (C=O) groups is 1. The largest absolute Gasteiger partial charge is 0.491 e. The van der Waals surface area contributed by atoms with Gasteiger partial charge in [0.1, 0.15) is 17.2 Å². The fourth-order valence-corrected chi connectivity index (χ4v) is 3.30. The summed E-state index contributed by atoms with van der Waals surface area (Å²) in [5, 5.41) is 8.17. The number of guanidine groups is 1. The Balaban J connectivity index is 1.61. The van der Waals surface area contributed by atoms with Crippen molar-refractivity contribution in [3.63, 3.8) is 0 Å². The van der Waals surface area contributed by atoms with Crippen LogP contribution in [0.15, 0.2) is 51.2 Å². The van der Waals surface area contributed by atoms with Crippen LogP contribution in [0.3, 0.4) is 0 Å². The highest BCUT2D eigenvalue weighted by molar-refractivity contribution is 7.14. The molecule has 3 aromatic rings. The molecule has 3 rings (SSSR count). The van der Waals surface area contributed by atoms with E-state index in [-0.39, 0.29) is 18.0 Å². The number of nitrogens with one attached hydrogen (secondary N) is 2. The summed E-state index contributed by atoms with van der Waals surface area (Å²) in [5.41, 5.74) is 7.66. The van der Waals surface area contributed by atoms with Crippen LogP contribution in [0.4, 0.5) is 5.13 Å². The van der Waals surface area contributed by atoms with Crippen LogP contribution < -0.4 is 21.1 Å². The number of thiazole rings is 1. The molecule has 0 aliphatic rings. The summed E-state index contributed by atoms with van der Waals surface area (Å²) < 4.78 is 11.5. The molecule has 0 spiro atoms. The predicted molar refractivity (Wildman–Crippen MR) is 118 cm³/mol. The molecule has 0 bridgehead atoms. The average Bonchev–Trinajstić information content (AvgIpc) is 3.34. The monoisotopic (exact) mass is 427 g/mol. The summed E-state index contributed by atoms with van der Waals surface area (Å²) in [6, 6.07) is 11.4. The zero-order valence-electron chi connectivity index (χ0n) is 17.1. The number of para-hydroxylation sites is 1. The van der Waals surface area contributed by atoms with E-state index in [9.17, 15) is 4.79 Å². The zero-order valence-corrected chi connectivity index (χ0v) is 18.0. The number of amides is 1. The van der Waals surface area contributed by atoms with Gasteiger partial charge in [0.05, 0.1) is 19.2 Å². The number of aliphatic imine (C=N–C) groups is 1. The second-order valence-corrected chi connectivity index (χ2v) is 7.67. The summed E-state index contributed by atoms with van der Waals surface area (Å²) in [4.78, 5) is 19.9. The zero-order chi connectivity index (χ0) is 21.5. The van der Waals surface area contributed by atoms with Gasteiger partial charge >= 0.3 is 0 Å². The van der Waals surface area contributed by atoms with E-state index in [1.54, 1.807) is 0 Å². The Morgan fingerprint density at radius 3 is 2.87 bits per heavy atom. The topological polar surface area (TPSA) is 115 Å². The van der Waals surface area contributed by atoms with E-state index in [2.05, 4.69) is 20.6 Å². The van der Waals surface area contributed by atoms with E-state index in [1.807, 2.05) is 55.6 Å². The van der Waals surface area contributed by atoms with Gasteiger partial charge in [-0.1, -0.05) is 18.2 Å². The highest BCUT2D eigenvalue weighted by atomic mass is 32.1. The van der Waals surface area contributed by atoms with E-state index in [0.29, 0.717) is 35.4 Å². The molecule has 30 heavy (non-hydrogen) atoms. The summed E-state index contributed by atoms with van der Waals surface area (Å²) in [6.07, 6.45) is 0.0831. The molecule has 158 valence electrons. The fraction of sp³-hybridized carbons (Fsp3) is 0.286. The second-order valence-electron chi connectivity index (χ2n) is 6.81. The lowest BCUT2D eigenvalue weighted by Gasteiger charge is -2.13. The lowest BCUT2D eigenvalue weighted by atomic mass is 10.2. The van der Waals surface area contributed by atoms with E-state index in [1.165, 1.54) is 18.3 Å². The molecule has 1 amide bonds. The second kappa shape index (κ2) is 9.93. The van der Waals surface area contributed by atoms with Crippen LogP contribution in [0, 0.1) is 0 Å². The van der Waals surface area contributed by atoms with Gasteiger partial charge in [-0.3, -0.25) is 4.79 Å². The third-order valence-electron chi connectivity index (χ3n) is 3.92. The van der Waals surface area contributed by atoms with Crippen molar-refractivity contribution >= 4 is 28.3 Å². The first-order chi connectivity index (χ1) is 14.4. The van der Waals surface area contributed by atoms with Gasteiger partial charge in [-0.15, -0.1) is 11.3 Å². The molecule has 0 radical (unpaired) electrons. The Hall–Kier alpha value is -3.33. The first kappa shape index (κ1) is 21.4. The van der Waals surface area contributed by atoms with Gasteiger partial charge < -0.3 is 25.5 Å². The molecule has 0 fully saturated rings. The highest BCUT2D eigenvalue weighted by Crippen LogP contribution is 2.26. The number of ether oxygens (including phenoxy) is 1. The number of nitrogens with zero attached hydrogens (tertiary/aromatic N) is 2. The number of carbonyl (C=O) groups excluding carboxylic acids is 1. The number of benzene rings is 1. The summed E-state index contributed by atoms with van der Waals surface area (Å²) in [7, 11) is 0. The van der Waals surface area contributed by atoms with Crippen LogP contribution in [0.1, 0.15) is 32.1 Å². The number of nitrogens with two attached hydrogens (primary N) is 1. The molecule has 2 aromatic heterocycles. The lowest BCUT2D eigenvalue weighted by molar-refractivity contribution is -0.119. The maximum Gasteiger partial charge on any atom is 0.217 e. The van der Waals surface area contributed by atoms with Crippen molar-refractivity contribution in [2.75, 3.05) is 5.32 Å². The Labute approximate surface area is 179 Å². The smallest absolute Gasteiger partial charge is 0.217 e. The van der Waals surface area contributed by atoms with Gasteiger partial charge in [-0.25, -0.2) is 9.98 Å². The van der Waals surface area contributed by atoms with Crippen molar-refractivity contribution in [3.05, 3.63) is 53.1 Å². The molecule has 0 aliphatic carbocycles. The first-order valence-electron chi connectivity index (χ1n) is 9.51. The minimum atomic E-state index is -0.110. The number of aromatic nitrogens is 1.